The summed E-state index contributed by atoms with van der Waals surface area (Å²) in [5, 5.41) is 5.47. The summed E-state index contributed by atoms with van der Waals surface area (Å²) in [5.74, 6) is 0.999. The zero-order valence-corrected chi connectivity index (χ0v) is 15.6. The largest absolute Gasteiger partial charge is 0.369 e. The fourth-order valence-electron chi connectivity index (χ4n) is 3.69. The Morgan fingerprint density at radius 3 is 3.12 bits per heavy atom. The average molecular weight is 371 g/mol. The Bertz CT molecular complexity index is 894. The molecule has 26 heavy (non-hydrogen) atoms. The fourth-order valence-corrected chi connectivity index (χ4v) is 3.94. The van der Waals surface area contributed by atoms with Gasteiger partial charge in [0.1, 0.15) is 11.9 Å². The van der Waals surface area contributed by atoms with Crippen molar-refractivity contribution < 1.29 is 4.74 Å². The highest BCUT2D eigenvalue weighted by atomic mass is 35.5. The van der Waals surface area contributed by atoms with Gasteiger partial charge in [0, 0.05) is 54.7 Å². The van der Waals surface area contributed by atoms with Gasteiger partial charge in [-0.1, -0.05) is 17.7 Å². The topological polar surface area (TPSA) is 52.0 Å². The van der Waals surface area contributed by atoms with Gasteiger partial charge in [0.15, 0.2) is 0 Å². The van der Waals surface area contributed by atoms with E-state index < -0.39 is 0 Å². The number of fused-ring (bicyclic) bond motifs is 1. The SMILES string of the molecule is CCn1ccnc1[C@H]1OCCC[C@@H]1NCc1cc(Cl)cc2cccnc12. The minimum absolute atomic E-state index is 0.0305. The Labute approximate surface area is 158 Å². The van der Waals surface area contributed by atoms with Crippen molar-refractivity contribution in [2.24, 2.45) is 0 Å². The van der Waals surface area contributed by atoms with Crippen molar-refractivity contribution in [3.05, 3.63) is 59.3 Å². The number of aromatic nitrogens is 3. The molecule has 1 aliphatic rings. The Morgan fingerprint density at radius 1 is 1.31 bits per heavy atom. The van der Waals surface area contributed by atoms with E-state index in [-0.39, 0.29) is 12.1 Å². The molecular weight excluding hydrogens is 348 g/mol. The van der Waals surface area contributed by atoms with Crippen LogP contribution in [0.25, 0.3) is 10.9 Å². The first-order chi connectivity index (χ1) is 12.8. The van der Waals surface area contributed by atoms with Crippen LogP contribution in [0.4, 0.5) is 0 Å². The number of nitrogens with zero attached hydrogens (tertiary/aromatic N) is 3. The van der Waals surface area contributed by atoms with Crippen LogP contribution in [0.5, 0.6) is 0 Å². The third-order valence-corrected chi connectivity index (χ3v) is 5.19. The third kappa shape index (κ3) is 3.47. The molecule has 136 valence electrons. The monoisotopic (exact) mass is 370 g/mol. The van der Waals surface area contributed by atoms with Crippen LogP contribution in [-0.2, 0) is 17.8 Å². The van der Waals surface area contributed by atoms with E-state index in [4.69, 9.17) is 16.3 Å². The molecule has 5 nitrogen and oxygen atoms in total. The number of nitrogens with one attached hydrogen (secondary N) is 1. The molecule has 1 aliphatic heterocycles. The van der Waals surface area contributed by atoms with Crippen LogP contribution in [-0.4, -0.2) is 27.2 Å². The van der Waals surface area contributed by atoms with E-state index in [1.807, 2.05) is 42.9 Å². The molecule has 4 rings (SSSR count). The number of hydrogen-bond acceptors (Lipinski definition) is 4. The second-order valence-corrected chi connectivity index (χ2v) is 7.07. The first kappa shape index (κ1) is 17.5. The Kier molecular flexibility index (Phi) is 5.20. The highest BCUT2D eigenvalue weighted by molar-refractivity contribution is 6.31. The van der Waals surface area contributed by atoms with E-state index in [0.717, 1.165) is 53.3 Å². The van der Waals surface area contributed by atoms with Crippen LogP contribution in [0.1, 0.15) is 37.3 Å². The van der Waals surface area contributed by atoms with Gasteiger partial charge in [-0.25, -0.2) is 4.98 Å². The first-order valence-corrected chi connectivity index (χ1v) is 9.53. The summed E-state index contributed by atoms with van der Waals surface area (Å²) < 4.78 is 8.24. The van der Waals surface area contributed by atoms with Gasteiger partial charge in [0.2, 0.25) is 0 Å². The zero-order valence-electron chi connectivity index (χ0n) is 14.9. The molecule has 0 amide bonds. The molecular formula is C20H23ClN4O. The molecule has 0 saturated carbocycles. The predicted octanol–water partition coefficient (Wildman–Crippen LogP) is 4.11. The molecule has 1 aromatic carbocycles. The van der Waals surface area contributed by atoms with Gasteiger partial charge in [-0.15, -0.1) is 0 Å². The summed E-state index contributed by atoms with van der Waals surface area (Å²) in [6.45, 7) is 4.50. The van der Waals surface area contributed by atoms with Crippen molar-refractivity contribution in [1.29, 1.82) is 0 Å². The van der Waals surface area contributed by atoms with E-state index in [0.29, 0.717) is 6.54 Å². The van der Waals surface area contributed by atoms with Gasteiger partial charge in [-0.05, 0) is 43.5 Å². The number of rotatable bonds is 5. The molecule has 1 saturated heterocycles. The predicted molar refractivity (Wildman–Crippen MR) is 103 cm³/mol. The van der Waals surface area contributed by atoms with Gasteiger partial charge < -0.3 is 14.6 Å². The third-order valence-electron chi connectivity index (χ3n) is 4.97. The highest BCUT2D eigenvalue weighted by Crippen LogP contribution is 2.29. The number of imidazole rings is 1. The fraction of sp³-hybridized carbons (Fsp3) is 0.400. The van der Waals surface area contributed by atoms with Gasteiger partial charge in [0.05, 0.1) is 5.52 Å². The van der Waals surface area contributed by atoms with Crippen molar-refractivity contribution >= 4 is 22.5 Å². The Hall–Kier alpha value is -1.95. The van der Waals surface area contributed by atoms with Gasteiger partial charge in [-0.2, -0.15) is 0 Å². The lowest BCUT2D eigenvalue weighted by atomic mass is 10.0. The lowest BCUT2D eigenvalue weighted by molar-refractivity contribution is -0.0182. The van der Waals surface area contributed by atoms with E-state index >= 15 is 0 Å². The second kappa shape index (κ2) is 7.74. The number of ether oxygens (including phenoxy) is 1. The van der Waals surface area contributed by atoms with E-state index in [9.17, 15) is 0 Å². The molecule has 3 heterocycles. The number of halogens is 1. The second-order valence-electron chi connectivity index (χ2n) is 6.63. The van der Waals surface area contributed by atoms with Crippen molar-refractivity contribution in [3.63, 3.8) is 0 Å². The maximum atomic E-state index is 6.30. The molecule has 1 fully saturated rings. The maximum absolute atomic E-state index is 6.30. The Balaban J connectivity index is 1.56. The van der Waals surface area contributed by atoms with Gasteiger partial charge in [0.25, 0.3) is 0 Å². The van der Waals surface area contributed by atoms with E-state index in [1.165, 1.54) is 0 Å². The lowest BCUT2D eigenvalue weighted by Gasteiger charge is -2.32. The van der Waals surface area contributed by atoms with Crippen LogP contribution in [0.2, 0.25) is 5.02 Å². The summed E-state index contributed by atoms with van der Waals surface area (Å²) in [6, 6.07) is 8.15. The van der Waals surface area contributed by atoms with Crippen molar-refractivity contribution in [2.75, 3.05) is 6.61 Å². The molecule has 0 aliphatic carbocycles. The summed E-state index contributed by atoms with van der Waals surface area (Å²) in [6.07, 6.45) is 7.77. The van der Waals surface area contributed by atoms with Crippen LogP contribution < -0.4 is 5.32 Å². The van der Waals surface area contributed by atoms with E-state index in [1.54, 1.807) is 0 Å². The first-order valence-electron chi connectivity index (χ1n) is 9.15. The molecule has 0 unspecified atom stereocenters. The van der Waals surface area contributed by atoms with Gasteiger partial charge in [-0.3, -0.25) is 4.98 Å². The smallest absolute Gasteiger partial charge is 0.139 e. The van der Waals surface area contributed by atoms with Crippen molar-refractivity contribution in [2.45, 2.75) is 45.0 Å². The number of benzene rings is 1. The molecule has 0 bridgehead atoms. The van der Waals surface area contributed by atoms with Crippen molar-refractivity contribution in [1.82, 2.24) is 19.9 Å². The standard InChI is InChI=1S/C20H23ClN4O/c1-2-25-9-8-23-20(25)19-17(6-4-10-26-19)24-13-15-12-16(21)11-14-5-3-7-22-18(14)15/h3,5,7-9,11-12,17,19,24H,2,4,6,10,13H2,1H3/t17-,19-/m0/s1. The highest BCUT2D eigenvalue weighted by Gasteiger charge is 2.30. The molecule has 2 atom stereocenters. The molecule has 2 aromatic heterocycles. The summed E-state index contributed by atoms with van der Waals surface area (Å²) in [4.78, 5) is 9.08. The van der Waals surface area contributed by atoms with Crippen LogP contribution in [0.15, 0.2) is 42.9 Å². The number of aryl methyl sites for hydroxylation is 1. The normalized spacial score (nSPS) is 20.5. The summed E-state index contributed by atoms with van der Waals surface area (Å²) in [7, 11) is 0. The molecule has 3 aromatic rings. The Morgan fingerprint density at radius 2 is 2.23 bits per heavy atom. The maximum Gasteiger partial charge on any atom is 0.139 e. The number of hydrogen-bond donors (Lipinski definition) is 1. The van der Waals surface area contributed by atoms with Crippen LogP contribution in [0.3, 0.4) is 0 Å². The van der Waals surface area contributed by atoms with Crippen molar-refractivity contribution in [3.8, 4) is 0 Å². The molecule has 0 radical (unpaired) electrons. The molecule has 1 N–H and O–H groups in total. The molecule has 0 spiro atoms. The van der Waals surface area contributed by atoms with E-state index in [2.05, 4.69) is 26.8 Å². The number of pyridine rings is 1. The quantitative estimate of drug-likeness (QED) is 0.734. The lowest BCUT2D eigenvalue weighted by Crippen LogP contribution is -2.40. The zero-order chi connectivity index (χ0) is 17.9. The summed E-state index contributed by atoms with van der Waals surface area (Å²) in [5.41, 5.74) is 2.10. The molecule has 6 heteroatoms. The minimum Gasteiger partial charge on any atom is -0.369 e. The van der Waals surface area contributed by atoms with Crippen LogP contribution in [0, 0.1) is 0 Å². The minimum atomic E-state index is -0.0305. The summed E-state index contributed by atoms with van der Waals surface area (Å²) >= 11 is 6.30. The van der Waals surface area contributed by atoms with Crippen LogP contribution >= 0.6 is 11.6 Å². The average Bonchev–Trinajstić information content (AvgIpc) is 3.15. The van der Waals surface area contributed by atoms with Gasteiger partial charge >= 0.3 is 0 Å².